The van der Waals surface area contributed by atoms with Gasteiger partial charge in [0.1, 0.15) is 5.75 Å². The summed E-state index contributed by atoms with van der Waals surface area (Å²) >= 11 is 0. The van der Waals surface area contributed by atoms with Crippen LogP contribution in [0.1, 0.15) is 11.1 Å². The zero-order valence-electron chi connectivity index (χ0n) is 8.96. The molecule has 3 heteroatoms. The van der Waals surface area contributed by atoms with Crippen molar-refractivity contribution in [3.05, 3.63) is 23.3 Å². The van der Waals surface area contributed by atoms with E-state index in [0.717, 1.165) is 22.6 Å². The molecule has 1 rings (SSSR count). The molecule has 0 spiro atoms. The topological polar surface area (TPSA) is 36.3 Å². The van der Waals surface area contributed by atoms with Gasteiger partial charge in [-0.1, -0.05) is 0 Å². The fraction of sp³-hybridized carbons (Fsp3) is 0.364. The van der Waals surface area contributed by atoms with Crippen molar-refractivity contribution in [2.45, 2.75) is 13.8 Å². The third-order valence-corrected chi connectivity index (χ3v) is 2.44. The van der Waals surface area contributed by atoms with Crippen molar-refractivity contribution in [3.8, 4) is 11.9 Å². The van der Waals surface area contributed by atoms with E-state index in [1.807, 2.05) is 26.0 Å². The van der Waals surface area contributed by atoms with Crippen molar-refractivity contribution in [1.29, 1.82) is 5.26 Å². The van der Waals surface area contributed by atoms with Crippen LogP contribution in [0.25, 0.3) is 0 Å². The maximum absolute atomic E-state index is 8.77. The highest BCUT2D eigenvalue weighted by Gasteiger charge is 2.09. The van der Waals surface area contributed by atoms with Gasteiger partial charge in [-0.25, -0.2) is 0 Å². The molecule has 0 aliphatic carbocycles. The lowest BCUT2D eigenvalue weighted by Gasteiger charge is -2.16. The van der Waals surface area contributed by atoms with Crippen molar-refractivity contribution in [2.75, 3.05) is 19.1 Å². The average molecular weight is 190 g/mol. The highest BCUT2D eigenvalue weighted by Crippen LogP contribution is 2.28. The second kappa shape index (κ2) is 4.01. The van der Waals surface area contributed by atoms with Crippen LogP contribution in [-0.2, 0) is 0 Å². The van der Waals surface area contributed by atoms with Crippen LogP contribution in [0.3, 0.4) is 0 Å². The van der Waals surface area contributed by atoms with Crippen molar-refractivity contribution < 1.29 is 4.74 Å². The highest BCUT2D eigenvalue weighted by molar-refractivity contribution is 5.61. The number of nitrogens with zero attached hydrogens (tertiary/aromatic N) is 2. The SMILES string of the molecule is COc1ccc(N(C)C#N)c(C)c1C. The summed E-state index contributed by atoms with van der Waals surface area (Å²) < 4.78 is 5.19. The largest absolute Gasteiger partial charge is 0.496 e. The van der Waals surface area contributed by atoms with Crippen LogP contribution in [0.5, 0.6) is 5.75 Å². The standard InChI is InChI=1S/C11H14N2O/c1-8-9(2)11(14-4)6-5-10(8)13(3)7-12/h5-6H,1-4H3. The molecule has 0 aliphatic heterocycles. The molecule has 0 saturated heterocycles. The number of nitriles is 1. The second-order valence-corrected chi connectivity index (χ2v) is 3.20. The van der Waals surface area contributed by atoms with Gasteiger partial charge >= 0.3 is 0 Å². The van der Waals surface area contributed by atoms with E-state index in [2.05, 4.69) is 6.19 Å². The Labute approximate surface area is 84.5 Å². The number of methoxy groups -OCH3 is 1. The fourth-order valence-electron chi connectivity index (χ4n) is 1.42. The van der Waals surface area contributed by atoms with Gasteiger partial charge in [0.05, 0.1) is 12.8 Å². The van der Waals surface area contributed by atoms with Crippen LogP contribution in [0.4, 0.5) is 5.69 Å². The number of anilines is 1. The quantitative estimate of drug-likeness (QED) is 0.530. The smallest absolute Gasteiger partial charge is 0.184 e. The molecule has 0 aromatic heterocycles. The van der Waals surface area contributed by atoms with E-state index in [0.29, 0.717) is 0 Å². The van der Waals surface area contributed by atoms with Gasteiger partial charge in [-0.15, -0.1) is 0 Å². The minimum absolute atomic E-state index is 0.859. The predicted molar refractivity (Wildman–Crippen MR) is 56.5 cm³/mol. The predicted octanol–water partition coefficient (Wildman–Crippen LogP) is 2.23. The summed E-state index contributed by atoms with van der Waals surface area (Å²) in [4.78, 5) is 1.54. The number of benzene rings is 1. The number of hydrogen-bond donors (Lipinski definition) is 0. The van der Waals surface area contributed by atoms with Crippen molar-refractivity contribution in [2.24, 2.45) is 0 Å². The van der Waals surface area contributed by atoms with Crippen LogP contribution in [-0.4, -0.2) is 14.2 Å². The molecule has 0 fully saturated rings. The van der Waals surface area contributed by atoms with E-state index < -0.39 is 0 Å². The minimum Gasteiger partial charge on any atom is -0.496 e. The molecule has 0 radical (unpaired) electrons. The molecule has 14 heavy (non-hydrogen) atoms. The monoisotopic (exact) mass is 190 g/mol. The molecule has 0 amide bonds. The van der Waals surface area contributed by atoms with Crippen LogP contribution in [0.15, 0.2) is 12.1 Å². The number of hydrogen-bond acceptors (Lipinski definition) is 3. The maximum atomic E-state index is 8.77. The molecule has 0 unspecified atom stereocenters. The second-order valence-electron chi connectivity index (χ2n) is 3.20. The Morgan fingerprint density at radius 1 is 1.29 bits per heavy atom. The van der Waals surface area contributed by atoms with Crippen LogP contribution in [0, 0.1) is 25.3 Å². The molecule has 0 aliphatic rings. The van der Waals surface area contributed by atoms with E-state index in [9.17, 15) is 0 Å². The van der Waals surface area contributed by atoms with Crippen LogP contribution in [0.2, 0.25) is 0 Å². The first-order chi connectivity index (χ1) is 6.61. The first kappa shape index (κ1) is 10.4. The van der Waals surface area contributed by atoms with Gasteiger partial charge < -0.3 is 4.74 Å². The molecule has 0 heterocycles. The Morgan fingerprint density at radius 3 is 2.43 bits per heavy atom. The first-order valence-electron chi connectivity index (χ1n) is 4.39. The van der Waals surface area contributed by atoms with Gasteiger partial charge in [-0.3, -0.25) is 4.90 Å². The molecular formula is C11H14N2O. The number of rotatable bonds is 2. The molecule has 0 bridgehead atoms. The first-order valence-corrected chi connectivity index (χ1v) is 4.39. The summed E-state index contributed by atoms with van der Waals surface area (Å²) in [5.74, 6) is 0.859. The van der Waals surface area contributed by atoms with Gasteiger partial charge in [-0.05, 0) is 37.1 Å². The normalized spacial score (nSPS) is 9.36. The summed E-state index contributed by atoms with van der Waals surface area (Å²) in [5, 5.41) is 8.77. The van der Waals surface area contributed by atoms with Crippen LogP contribution >= 0.6 is 0 Å². The molecule has 0 N–H and O–H groups in total. The molecule has 1 aromatic carbocycles. The van der Waals surface area contributed by atoms with Gasteiger partial charge in [0, 0.05) is 7.05 Å². The third kappa shape index (κ3) is 1.64. The Kier molecular flexibility index (Phi) is 2.98. The lowest BCUT2D eigenvalue weighted by atomic mass is 10.1. The number of ether oxygens (including phenoxy) is 1. The molecule has 74 valence electrons. The summed E-state index contributed by atoms with van der Waals surface area (Å²) in [6, 6.07) is 3.77. The Balaban J connectivity index is 3.25. The highest BCUT2D eigenvalue weighted by atomic mass is 16.5. The van der Waals surface area contributed by atoms with Gasteiger partial charge in [-0.2, -0.15) is 5.26 Å². The lowest BCUT2D eigenvalue weighted by Crippen LogP contribution is -2.10. The summed E-state index contributed by atoms with van der Waals surface area (Å²) in [5.41, 5.74) is 3.08. The maximum Gasteiger partial charge on any atom is 0.184 e. The molecular weight excluding hydrogens is 176 g/mol. The van der Waals surface area contributed by atoms with E-state index >= 15 is 0 Å². The third-order valence-electron chi connectivity index (χ3n) is 2.44. The molecule has 1 aromatic rings. The lowest BCUT2D eigenvalue weighted by molar-refractivity contribution is 0.411. The van der Waals surface area contributed by atoms with E-state index in [-0.39, 0.29) is 0 Å². The van der Waals surface area contributed by atoms with E-state index in [1.54, 1.807) is 19.1 Å². The van der Waals surface area contributed by atoms with Gasteiger partial charge in [0.15, 0.2) is 6.19 Å². The molecule has 0 saturated carbocycles. The molecule has 0 atom stereocenters. The zero-order chi connectivity index (χ0) is 10.7. The fourth-order valence-corrected chi connectivity index (χ4v) is 1.42. The Morgan fingerprint density at radius 2 is 1.93 bits per heavy atom. The van der Waals surface area contributed by atoms with Crippen molar-refractivity contribution >= 4 is 5.69 Å². The van der Waals surface area contributed by atoms with Gasteiger partial charge in [0.2, 0.25) is 0 Å². The average Bonchev–Trinajstić information content (AvgIpc) is 2.21. The summed E-state index contributed by atoms with van der Waals surface area (Å²) in [6.07, 6.45) is 2.08. The van der Waals surface area contributed by atoms with Crippen molar-refractivity contribution in [1.82, 2.24) is 0 Å². The van der Waals surface area contributed by atoms with E-state index in [1.165, 1.54) is 0 Å². The Bertz CT molecular complexity index is 380. The molecule has 3 nitrogen and oxygen atoms in total. The summed E-state index contributed by atoms with van der Waals surface area (Å²) in [7, 11) is 3.39. The van der Waals surface area contributed by atoms with E-state index in [4.69, 9.17) is 10.00 Å². The minimum atomic E-state index is 0.859. The zero-order valence-corrected chi connectivity index (χ0v) is 8.96. The van der Waals surface area contributed by atoms with Crippen molar-refractivity contribution in [3.63, 3.8) is 0 Å². The summed E-state index contributed by atoms with van der Waals surface area (Å²) in [6.45, 7) is 3.98. The van der Waals surface area contributed by atoms with Gasteiger partial charge in [0.25, 0.3) is 0 Å². The van der Waals surface area contributed by atoms with Crippen LogP contribution < -0.4 is 9.64 Å². The Hall–Kier alpha value is -1.69.